The molecule has 0 radical (unpaired) electrons. The van der Waals surface area contributed by atoms with E-state index < -0.39 is 18.1 Å². The average molecular weight is 551 g/mol. The van der Waals surface area contributed by atoms with Gasteiger partial charge in [0, 0.05) is 19.7 Å². The summed E-state index contributed by atoms with van der Waals surface area (Å²) < 4.78 is 54.4. The summed E-state index contributed by atoms with van der Waals surface area (Å²) in [6, 6.07) is 11.8. The number of imidazole rings is 1. The van der Waals surface area contributed by atoms with Crippen LogP contribution in [0.5, 0.6) is 17.5 Å². The first-order chi connectivity index (χ1) is 18.6. The maximum Gasteiger partial charge on any atom is 0.573 e. The van der Waals surface area contributed by atoms with E-state index in [1.165, 1.54) is 23.7 Å². The molecule has 0 aliphatic heterocycles. The Balaban J connectivity index is 1.93. The van der Waals surface area contributed by atoms with E-state index in [-0.39, 0.29) is 56.2 Å². The smallest absolute Gasteiger partial charge is 0.425 e. The fraction of sp³-hybridized carbons (Fsp3) is 0.346. The van der Waals surface area contributed by atoms with Gasteiger partial charge in [0.25, 0.3) is 0 Å². The summed E-state index contributed by atoms with van der Waals surface area (Å²) in [5, 5.41) is 11.4. The molecule has 3 aromatic rings. The normalized spacial score (nSPS) is 11.2. The number of carbonyl (C=O) groups excluding carboxylic acids is 2. The Labute approximate surface area is 222 Å². The number of aryl methyl sites for hydroxylation is 1. The largest absolute Gasteiger partial charge is 0.573 e. The number of aldehydes is 1. The second-order valence-corrected chi connectivity index (χ2v) is 8.23. The van der Waals surface area contributed by atoms with Crippen LogP contribution in [0.4, 0.5) is 23.8 Å². The molecule has 0 atom stereocenters. The molecule has 210 valence electrons. The first-order valence-corrected chi connectivity index (χ1v) is 12.0. The van der Waals surface area contributed by atoms with Gasteiger partial charge in [-0.05, 0) is 29.7 Å². The zero-order chi connectivity index (χ0) is 28.4. The molecule has 0 aliphatic rings. The zero-order valence-electron chi connectivity index (χ0n) is 21.4. The molecule has 0 spiro atoms. The summed E-state index contributed by atoms with van der Waals surface area (Å²) in [4.78, 5) is 30.4. The van der Waals surface area contributed by atoms with Crippen molar-refractivity contribution >= 4 is 18.1 Å². The third kappa shape index (κ3) is 8.45. The number of halogens is 3. The molecule has 1 heterocycles. The summed E-state index contributed by atoms with van der Waals surface area (Å²) in [5.41, 5.74) is 1.92. The number of carbonyl (C=O) groups is 2. The van der Waals surface area contributed by atoms with Crippen LogP contribution in [-0.4, -0.2) is 66.8 Å². The molecule has 0 aliphatic carbocycles. The molecular weight excluding hydrogens is 521 g/mol. The number of rotatable bonds is 13. The fourth-order valence-electron chi connectivity index (χ4n) is 3.54. The third-order valence-corrected chi connectivity index (χ3v) is 5.46. The SMILES string of the molecule is CCc1ccc(Cn2c(Oc3cccc(OC(F)(F)F)c3)nc(N(C)C(=O)NCCOCCO)c2C=O)cc1. The lowest BCUT2D eigenvalue weighted by atomic mass is 10.1. The number of aliphatic hydroxyl groups excluding tert-OH is 1. The van der Waals surface area contributed by atoms with Crippen molar-refractivity contribution in [3.63, 3.8) is 0 Å². The molecule has 0 fully saturated rings. The second-order valence-electron chi connectivity index (χ2n) is 8.23. The van der Waals surface area contributed by atoms with Crippen molar-refractivity contribution in [3.05, 3.63) is 65.4 Å². The number of alkyl halides is 3. The van der Waals surface area contributed by atoms with E-state index in [0.29, 0.717) is 6.29 Å². The number of urea groups is 1. The van der Waals surface area contributed by atoms with Gasteiger partial charge < -0.3 is 24.6 Å². The van der Waals surface area contributed by atoms with Gasteiger partial charge in [0.15, 0.2) is 12.1 Å². The van der Waals surface area contributed by atoms with Gasteiger partial charge >= 0.3 is 18.4 Å². The van der Waals surface area contributed by atoms with Crippen molar-refractivity contribution < 1.29 is 42.1 Å². The van der Waals surface area contributed by atoms with Crippen LogP contribution in [0, 0.1) is 0 Å². The first kappa shape index (κ1) is 29.5. The standard InChI is InChI=1S/C26H29F3N4O6/c1-3-18-7-9-19(10-8-18)16-33-22(17-35)23(32(2)24(36)30-11-13-37-14-12-34)31-25(33)38-20-5-4-6-21(15-20)39-26(27,28)29/h4-10,15,17,34H,3,11-14,16H2,1-2H3,(H,30,36). The Kier molecular flexibility index (Phi) is 10.3. The molecule has 39 heavy (non-hydrogen) atoms. The molecule has 0 bridgehead atoms. The summed E-state index contributed by atoms with van der Waals surface area (Å²) in [7, 11) is 1.40. The summed E-state index contributed by atoms with van der Waals surface area (Å²) in [6.45, 7) is 2.42. The molecule has 13 heteroatoms. The van der Waals surface area contributed by atoms with Crippen LogP contribution >= 0.6 is 0 Å². The highest BCUT2D eigenvalue weighted by Gasteiger charge is 2.31. The van der Waals surface area contributed by atoms with Gasteiger partial charge in [0.05, 0.1) is 26.4 Å². The molecule has 2 N–H and O–H groups in total. The molecule has 1 aromatic heterocycles. The fourth-order valence-corrected chi connectivity index (χ4v) is 3.54. The van der Waals surface area contributed by atoms with Gasteiger partial charge in [-0.3, -0.25) is 14.3 Å². The number of nitrogens with zero attached hydrogens (tertiary/aromatic N) is 3. The lowest BCUT2D eigenvalue weighted by Crippen LogP contribution is -2.39. The number of anilines is 1. The number of hydrogen-bond acceptors (Lipinski definition) is 7. The third-order valence-electron chi connectivity index (χ3n) is 5.46. The van der Waals surface area contributed by atoms with E-state index in [9.17, 15) is 22.8 Å². The predicted octanol–water partition coefficient (Wildman–Crippen LogP) is 4.15. The van der Waals surface area contributed by atoms with Crippen LogP contribution in [0.3, 0.4) is 0 Å². The first-order valence-electron chi connectivity index (χ1n) is 12.0. The van der Waals surface area contributed by atoms with Crippen LogP contribution in [-0.2, 0) is 17.7 Å². The number of benzene rings is 2. The number of nitrogens with one attached hydrogen (secondary N) is 1. The lowest BCUT2D eigenvalue weighted by molar-refractivity contribution is -0.274. The van der Waals surface area contributed by atoms with Gasteiger partial charge in [-0.1, -0.05) is 37.3 Å². The minimum Gasteiger partial charge on any atom is -0.425 e. The number of aliphatic hydroxyl groups is 1. The van der Waals surface area contributed by atoms with Crippen molar-refractivity contribution in [3.8, 4) is 17.5 Å². The molecule has 0 saturated heterocycles. The lowest BCUT2D eigenvalue weighted by Gasteiger charge is -2.16. The Hall–Kier alpha value is -4.10. The predicted molar refractivity (Wildman–Crippen MR) is 135 cm³/mol. The van der Waals surface area contributed by atoms with E-state index in [2.05, 4.69) is 15.0 Å². The van der Waals surface area contributed by atoms with Crippen molar-refractivity contribution in [1.82, 2.24) is 14.9 Å². The van der Waals surface area contributed by atoms with Crippen LogP contribution in [0.15, 0.2) is 48.5 Å². The highest BCUT2D eigenvalue weighted by atomic mass is 19.4. The molecule has 0 saturated carbocycles. The minimum absolute atomic E-state index is 0.0152. The minimum atomic E-state index is -4.89. The summed E-state index contributed by atoms with van der Waals surface area (Å²) >= 11 is 0. The Morgan fingerprint density at radius 2 is 1.82 bits per heavy atom. The van der Waals surface area contributed by atoms with Crippen LogP contribution < -0.4 is 19.7 Å². The number of amides is 2. The van der Waals surface area contributed by atoms with Crippen LogP contribution in [0.25, 0.3) is 0 Å². The van der Waals surface area contributed by atoms with Gasteiger partial charge in [0.1, 0.15) is 17.2 Å². The van der Waals surface area contributed by atoms with E-state index in [1.54, 1.807) is 0 Å². The summed E-state index contributed by atoms with van der Waals surface area (Å²) in [5.74, 6) is -0.549. The topological polar surface area (TPSA) is 115 Å². The van der Waals surface area contributed by atoms with Crippen molar-refractivity contribution in [2.75, 3.05) is 38.3 Å². The molecule has 3 rings (SSSR count). The van der Waals surface area contributed by atoms with Crippen molar-refractivity contribution in [2.45, 2.75) is 26.3 Å². The van der Waals surface area contributed by atoms with E-state index in [4.69, 9.17) is 14.6 Å². The van der Waals surface area contributed by atoms with Gasteiger partial charge in [-0.25, -0.2) is 4.79 Å². The molecule has 2 aromatic carbocycles. The highest BCUT2D eigenvalue weighted by molar-refractivity contribution is 5.95. The Morgan fingerprint density at radius 3 is 2.46 bits per heavy atom. The van der Waals surface area contributed by atoms with Crippen molar-refractivity contribution in [1.29, 1.82) is 0 Å². The molecular formula is C26H29F3N4O6. The molecule has 2 amide bonds. The van der Waals surface area contributed by atoms with Gasteiger partial charge in [0.2, 0.25) is 0 Å². The summed E-state index contributed by atoms with van der Waals surface area (Å²) in [6.07, 6.45) is -3.53. The number of hydrogen-bond donors (Lipinski definition) is 2. The van der Waals surface area contributed by atoms with E-state index in [0.717, 1.165) is 34.6 Å². The average Bonchev–Trinajstić information content (AvgIpc) is 3.24. The Bertz CT molecular complexity index is 1250. The van der Waals surface area contributed by atoms with Gasteiger partial charge in [-0.15, -0.1) is 13.2 Å². The molecule has 0 unspecified atom stereocenters. The number of ether oxygens (including phenoxy) is 3. The zero-order valence-corrected chi connectivity index (χ0v) is 21.4. The van der Waals surface area contributed by atoms with E-state index >= 15 is 0 Å². The van der Waals surface area contributed by atoms with E-state index in [1.807, 2.05) is 31.2 Å². The quantitative estimate of drug-likeness (QED) is 0.243. The van der Waals surface area contributed by atoms with Gasteiger partial charge in [-0.2, -0.15) is 4.98 Å². The monoisotopic (exact) mass is 550 g/mol. The highest BCUT2D eigenvalue weighted by Crippen LogP contribution is 2.32. The van der Waals surface area contributed by atoms with Crippen LogP contribution in [0.2, 0.25) is 0 Å². The maximum atomic E-state index is 12.7. The van der Waals surface area contributed by atoms with Crippen LogP contribution in [0.1, 0.15) is 28.5 Å². The number of aromatic nitrogens is 2. The maximum absolute atomic E-state index is 12.7. The van der Waals surface area contributed by atoms with Crippen molar-refractivity contribution in [2.24, 2.45) is 0 Å². The Morgan fingerprint density at radius 1 is 1.13 bits per heavy atom. The second kappa shape index (κ2) is 13.6. The molecule has 10 nitrogen and oxygen atoms in total.